The van der Waals surface area contributed by atoms with Gasteiger partial charge in [-0.3, -0.25) is 0 Å². The molecule has 18 heavy (non-hydrogen) atoms. The fraction of sp³-hybridized carbons (Fsp3) is 0.273. The minimum absolute atomic E-state index is 0.386. The Balaban J connectivity index is 2.28. The van der Waals surface area contributed by atoms with Crippen molar-refractivity contribution in [3.8, 4) is 0 Å². The summed E-state index contributed by atoms with van der Waals surface area (Å²) in [5.41, 5.74) is 1.01. The second-order valence-electron chi connectivity index (χ2n) is 3.86. The van der Waals surface area contributed by atoms with Crippen molar-refractivity contribution in [2.45, 2.75) is 18.4 Å². The summed E-state index contributed by atoms with van der Waals surface area (Å²) in [7, 11) is -1.80. The summed E-state index contributed by atoms with van der Waals surface area (Å²) in [5.74, 6) is 0. The maximum Gasteiger partial charge on any atom is 0.244 e. The highest BCUT2D eigenvalue weighted by molar-refractivity contribution is 9.11. The van der Waals surface area contributed by atoms with Gasteiger partial charge in [-0.25, -0.2) is 8.42 Å². The smallest absolute Gasteiger partial charge is 0.207 e. The molecule has 0 spiro atoms. The largest absolute Gasteiger partial charge is 0.244 e. The van der Waals surface area contributed by atoms with Crippen LogP contribution in [0.4, 0.5) is 0 Å². The maximum absolute atomic E-state index is 12.4. The fourth-order valence-corrected chi connectivity index (χ4v) is 5.78. The molecule has 0 unspecified atom stereocenters. The van der Waals surface area contributed by atoms with Gasteiger partial charge in [0.25, 0.3) is 0 Å². The Morgan fingerprint density at radius 2 is 2.17 bits per heavy atom. The maximum atomic E-state index is 12.4. The van der Waals surface area contributed by atoms with Crippen LogP contribution >= 0.6 is 38.6 Å². The normalized spacial score (nSPS) is 12.2. The third-order valence-corrected chi connectivity index (χ3v) is 6.86. The highest BCUT2D eigenvalue weighted by Gasteiger charge is 2.24. The number of sulfonamides is 1. The minimum Gasteiger partial charge on any atom is -0.207 e. The third-order valence-electron chi connectivity index (χ3n) is 2.52. The Hall–Kier alpha value is -0.210. The van der Waals surface area contributed by atoms with Gasteiger partial charge in [0.05, 0.1) is 8.68 Å². The first kappa shape index (κ1) is 14.2. The van der Waals surface area contributed by atoms with Gasteiger partial charge in [-0.1, -0.05) is 0 Å². The molecule has 2 heterocycles. The van der Waals surface area contributed by atoms with Crippen LogP contribution in [-0.2, 0) is 16.6 Å². The predicted molar refractivity (Wildman–Crippen MR) is 79.7 cm³/mol. The van der Waals surface area contributed by atoms with E-state index in [1.807, 2.05) is 23.8 Å². The van der Waals surface area contributed by atoms with E-state index in [4.69, 9.17) is 0 Å². The lowest BCUT2D eigenvalue weighted by molar-refractivity contribution is 0.467. The first-order chi connectivity index (χ1) is 8.41. The predicted octanol–water partition coefficient (Wildman–Crippen LogP) is 3.70. The van der Waals surface area contributed by atoms with E-state index in [2.05, 4.69) is 15.9 Å². The number of halogens is 1. The number of nitrogens with zero attached hydrogens (tertiary/aromatic N) is 1. The van der Waals surface area contributed by atoms with Gasteiger partial charge in [-0.15, -0.1) is 11.3 Å². The van der Waals surface area contributed by atoms with Gasteiger partial charge in [0.1, 0.15) is 0 Å². The lowest BCUT2D eigenvalue weighted by Crippen LogP contribution is -2.26. The number of rotatable bonds is 4. The van der Waals surface area contributed by atoms with Crippen molar-refractivity contribution < 1.29 is 8.42 Å². The summed E-state index contributed by atoms with van der Waals surface area (Å²) in [6, 6.07) is 3.60. The lowest BCUT2D eigenvalue weighted by Gasteiger charge is -2.16. The summed E-state index contributed by atoms with van der Waals surface area (Å²) in [6.07, 6.45) is 0. The SMILES string of the molecule is Cc1sc(Br)cc1S(=O)(=O)N(C)Cc1ccsc1. The summed E-state index contributed by atoms with van der Waals surface area (Å²) in [6.45, 7) is 2.22. The molecule has 0 aromatic carbocycles. The van der Waals surface area contributed by atoms with Gasteiger partial charge >= 0.3 is 0 Å². The molecule has 2 aromatic heterocycles. The van der Waals surface area contributed by atoms with Gasteiger partial charge in [0, 0.05) is 18.5 Å². The van der Waals surface area contributed by atoms with Crippen molar-refractivity contribution in [1.29, 1.82) is 0 Å². The molecule has 0 atom stereocenters. The van der Waals surface area contributed by atoms with Crippen LogP contribution in [0.2, 0.25) is 0 Å². The van der Waals surface area contributed by atoms with Crippen molar-refractivity contribution in [2.75, 3.05) is 7.05 Å². The molecule has 0 fully saturated rings. The van der Waals surface area contributed by atoms with E-state index in [0.29, 0.717) is 11.4 Å². The van der Waals surface area contributed by atoms with Crippen molar-refractivity contribution in [3.63, 3.8) is 0 Å². The highest BCUT2D eigenvalue weighted by Crippen LogP contribution is 2.31. The van der Waals surface area contributed by atoms with Gasteiger partial charge in [0.15, 0.2) is 0 Å². The van der Waals surface area contributed by atoms with Crippen molar-refractivity contribution in [2.24, 2.45) is 0 Å². The quantitative estimate of drug-likeness (QED) is 0.828. The van der Waals surface area contributed by atoms with Crippen molar-refractivity contribution in [1.82, 2.24) is 4.31 Å². The van der Waals surface area contributed by atoms with E-state index >= 15 is 0 Å². The highest BCUT2D eigenvalue weighted by atomic mass is 79.9. The zero-order valence-corrected chi connectivity index (χ0v) is 13.9. The zero-order chi connectivity index (χ0) is 13.3. The summed E-state index contributed by atoms with van der Waals surface area (Å²) >= 11 is 6.33. The fourth-order valence-electron chi connectivity index (χ4n) is 1.58. The molecule has 0 bridgehead atoms. The number of hydrogen-bond acceptors (Lipinski definition) is 4. The monoisotopic (exact) mass is 365 g/mol. The molecular weight excluding hydrogens is 354 g/mol. The van der Waals surface area contributed by atoms with Gasteiger partial charge in [-0.2, -0.15) is 15.6 Å². The average molecular weight is 366 g/mol. The molecule has 0 aliphatic carbocycles. The molecule has 2 aromatic rings. The topological polar surface area (TPSA) is 37.4 Å². The molecule has 0 saturated heterocycles. The van der Waals surface area contributed by atoms with E-state index in [9.17, 15) is 8.42 Å². The summed E-state index contributed by atoms with van der Waals surface area (Å²) in [4.78, 5) is 1.19. The molecule has 0 N–H and O–H groups in total. The molecular formula is C11H12BrNO2S3. The van der Waals surface area contributed by atoms with Crippen LogP contribution in [0, 0.1) is 6.92 Å². The third kappa shape index (κ3) is 2.85. The van der Waals surface area contributed by atoms with E-state index < -0.39 is 10.0 Å². The Morgan fingerprint density at radius 3 is 2.67 bits per heavy atom. The van der Waals surface area contributed by atoms with Gasteiger partial charge in [0.2, 0.25) is 10.0 Å². The number of thiophene rings is 2. The Bertz CT molecular complexity index is 631. The molecule has 0 radical (unpaired) electrons. The molecule has 0 saturated carbocycles. The molecule has 2 rings (SSSR count). The summed E-state index contributed by atoms with van der Waals surface area (Å²) < 4.78 is 27.0. The second-order valence-corrected chi connectivity index (χ2v) is 9.29. The van der Waals surface area contributed by atoms with E-state index in [-0.39, 0.29) is 0 Å². The molecule has 3 nitrogen and oxygen atoms in total. The standard InChI is InChI=1S/C11H12BrNO2S3/c1-8-10(5-11(12)17-8)18(14,15)13(2)6-9-3-4-16-7-9/h3-5,7H,6H2,1-2H3. The van der Waals surface area contributed by atoms with Crippen LogP contribution in [0.5, 0.6) is 0 Å². The average Bonchev–Trinajstić information content (AvgIpc) is 2.88. The van der Waals surface area contributed by atoms with Crippen LogP contribution in [0.3, 0.4) is 0 Å². The number of hydrogen-bond donors (Lipinski definition) is 0. The lowest BCUT2D eigenvalue weighted by atomic mass is 10.3. The molecule has 7 heteroatoms. The molecule has 0 aliphatic heterocycles. The first-order valence-corrected chi connectivity index (χ1v) is 9.14. The van der Waals surface area contributed by atoms with Gasteiger partial charge < -0.3 is 0 Å². The molecule has 0 amide bonds. The number of aryl methyl sites for hydroxylation is 1. The van der Waals surface area contributed by atoms with Crippen LogP contribution in [0.25, 0.3) is 0 Å². The minimum atomic E-state index is -3.41. The molecule has 0 aliphatic rings. The zero-order valence-electron chi connectivity index (χ0n) is 9.88. The van der Waals surface area contributed by atoms with Crippen LogP contribution in [0.15, 0.2) is 31.6 Å². The van der Waals surface area contributed by atoms with Crippen molar-refractivity contribution in [3.05, 3.63) is 37.1 Å². The van der Waals surface area contributed by atoms with E-state index in [1.165, 1.54) is 15.6 Å². The van der Waals surface area contributed by atoms with E-state index in [0.717, 1.165) is 14.2 Å². The van der Waals surface area contributed by atoms with Gasteiger partial charge in [-0.05, 0) is 51.3 Å². The Labute approximate surface area is 123 Å². The van der Waals surface area contributed by atoms with E-state index in [1.54, 1.807) is 24.5 Å². The second kappa shape index (κ2) is 5.42. The first-order valence-electron chi connectivity index (χ1n) is 5.14. The van der Waals surface area contributed by atoms with Crippen LogP contribution < -0.4 is 0 Å². The van der Waals surface area contributed by atoms with Crippen LogP contribution in [-0.4, -0.2) is 19.8 Å². The summed E-state index contributed by atoms with van der Waals surface area (Å²) in [5, 5.41) is 3.91. The van der Waals surface area contributed by atoms with Crippen LogP contribution in [0.1, 0.15) is 10.4 Å². The van der Waals surface area contributed by atoms with Crippen molar-refractivity contribution >= 4 is 48.6 Å². The molecule has 98 valence electrons. The Morgan fingerprint density at radius 1 is 1.44 bits per heavy atom. The Kier molecular flexibility index (Phi) is 4.28.